The lowest BCUT2D eigenvalue weighted by molar-refractivity contribution is 0.362. The molecule has 4 nitrogen and oxygen atoms in total. The molecule has 0 saturated carbocycles. The Balaban J connectivity index is 1.86. The maximum absolute atomic E-state index is 6.13. The van der Waals surface area contributed by atoms with Gasteiger partial charge in [-0.1, -0.05) is 17.7 Å². The lowest BCUT2D eigenvalue weighted by atomic mass is 9.89. The first-order valence-corrected chi connectivity index (χ1v) is 9.25. The fourth-order valence-corrected chi connectivity index (χ4v) is 4.13. The van der Waals surface area contributed by atoms with Gasteiger partial charge in [0.25, 0.3) is 0 Å². The van der Waals surface area contributed by atoms with Crippen molar-refractivity contribution in [3.05, 3.63) is 77.2 Å². The molecule has 1 N–H and O–H groups in total. The van der Waals surface area contributed by atoms with Crippen molar-refractivity contribution in [1.29, 1.82) is 0 Å². The molecule has 0 amide bonds. The van der Waals surface area contributed by atoms with Gasteiger partial charge in [-0.3, -0.25) is 4.98 Å². The molecule has 4 rings (SSSR count). The number of halogens is 1. The Bertz CT molecular complexity index is 841. The van der Waals surface area contributed by atoms with E-state index in [1.54, 1.807) is 0 Å². The highest BCUT2D eigenvalue weighted by atomic mass is 35.5. The third kappa shape index (κ3) is 3.11. The number of anilines is 2. The van der Waals surface area contributed by atoms with Crippen LogP contribution >= 0.6 is 11.6 Å². The van der Waals surface area contributed by atoms with Crippen LogP contribution in [0.15, 0.2) is 66.7 Å². The fourth-order valence-electron chi connectivity index (χ4n) is 4.01. The van der Waals surface area contributed by atoms with Gasteiger partial charge in [0.15, 0.2) is 0 Å². The molecular weight excluding hydrogens is 344 g/mol. The molecule has 5 heteroatoms. The highest BCUT2D eigenvalue weighted by Gasteiger charge is 2.41. The molecule has 0 saturated heterocycles. The Morgan fingerprint density at radius 2 is 2.04 bits per heavy atom. The number of likely N-dealkylation sites (N-methyl/N-ethyl adjacent to an activating group) is 1. The number of aromatic nitrogens is 1. The van der Waals surface area contributed by atoms with Gasteiger partial charge in [0.1, 0.15) is 0 Å². The largest absolute Gasteiger partial charge is 0.387 e. The van der Waals surface area contributed by atoms with Gasteiger partial charge in [-0.25, -0.2) is 0 Å². The Hall–Kier alpha value is -2.30. The summed E-state index contributed by atoms with van der Waals surface area (Å²) in [6.07, 6.45) is 10.2. The molecule has 1 aromatic heterocycles. The van der Waals surface area contributed by atoms with E-state index in [0.29, 0.717) is 5.92 Å². The molecule has 2 aromatic rings. The summed E-state index contributed by atoms with van der Waals surface area (Å²) in [5.74, 6) is 0.373. The molecule has 2 atom stereocenters. The van der Waals surface area contributed by atoms with Crippen LogP contribution in [0.2, 0.25) is 5.02 Å². The highest BCUT2D eigenvalue weighted by Crippen LogP contribution is 2.47. The normalized spacial score (nSPS) is 21.5. The SMILES string of the molecule is CN(C)CC1c2ccncc2N(c2ccc(Cl)cc2)C1C1=CC=CNC1. The maximum atomic E-state index is 6.13. The Morgan fingerprint density at radius 3 is 2.73 bits per heavy atom. The van der Waals surface area contributed by atoms with Gasteiger partial charge in [0.2, 0.25) is 0 Å². The minimum atomic E-state index is 0.246. The third-order valence-corrected chi connectivity index (χ3v) is 5.28. The molecule has 2 aliphatic rings. The second-order valence-corrected chi connectivity index (χ2v) is 7.51. The van der Waals surface area contributed by atoms with Gasteiger partial charge < -0.3 is 15.1 Å². The average Bonchev–Trinajstić information content (AvgIpc) is 2.97. The number of rotatable bonds is 4. The van der Waals surface area contributed by atoms with E-state index >= 15 is 0 Å². The van der Waals surface area contributed by atoms with Crippen molar-refractivity contribution in [2.45, 2.75) is 12.0 Å². The van der Waals surface area contributed by atoms with Crippen LogP contribution in [0.3, 0.4) is 0 Å². The summed E-state index contributed by atoms with van der Waals surface area (Å²) in [6, 6.07) is 10.5. The minimum Gasteiger partial charge on any atom is -0.387 e. The Kier molecular flexibility index (Phi) is 4.70. The number of fused-ring (bicyclic) bond motifs is 1. The van der Waals surface area contributed by atoms with Crippen LogP contribution in [-0.2, 0) is 0 Å². The predicted octanol–water partition coefficient (Wildman–Crippen LogP) is 3.94. The topological polar surface area (TPSA) is 31.4 Å². The van der Waals surface area contributed by atoms with Gasteiger partial charge in [0, 0.05) is 35.9 Å². The van der Waals surface area contributed by atoms with Gasteiger partial charge in [-0.2, -0.15) is 0 Å². The minimum absolute atomic E-state index is 0.246. The number of benzene rings is 1. The summed E-state index contributed by atoms with van der Waals surface area (Å²) in [7, 11) is 4.27. The van der Waals surface area contributed by atoms with Crippen molar-refractivity contribution in [2.24, 2.45) is 0 Å². The first-order chi connectivity index (χ1) is 12.6. The van der Waals surface area contributed by atoms with Crippen molar-refractivity contribution in [1.82, 2.24) is 15.2 Å². The summed E-state index contributed by atoms with van der Waals surface area (Å²) in [6.45, 7) is 1.84. The molecular formula is C21H23ClN4. The lowest BCUT2D eigenvalue weighted by Crippen LogP contribution is -2.39. The maximum Gasteiger partial charge on any atom is 0.0653 e. The van der Waals surface area contributed by atoms with Crippen molar-refractivity contribution < 1.29 is 0 Å². The van der Waals surface area contributed by atoms with Crippen LogP contribution in [0.25, 0.3) is 0 Å². The molecule has 0 fully saturated rings. The molecule has 0 spiro atoms. The number of hydrogen-bond acceptors (Lipinski definition) is 4. The van der Waals surface area contributed by atoms with E-state index in [4.69, 9.17) is 11.6 Å². The second kappa shape index (κ2) is 7.14. The van der Waals surface area contributed by atoms with Crippen LogP contribution in [-0.4, -0.2) is 43.1 Å². The fraction of sp³-hybridized carbons (Fsp3) is 0.286. The van der Waals surface area contributed by atoms with Gasteiger partial charge in [-0.15, -0.1) is 0 Å². The van der Waals surface area contributed by atoms with E-state index in [9.17, 15) is 0 Å². The summed E-state index contributed by atoms with van der Waals surface area (Å²) in [5.41, 5.74) is 5.06. The number of pyridine rings is 1. The van der Waals surface area contributed by atoms with E-state index in [1.807, 2.05) is 30.7 Å². The second-order valence-electron chi connectivity index (χ2n) is 7.08. The summed E-state index contributed by atoms with van der Waals surface area (Å²) < 4.78 is 0. The molecule has 0 bridgehead atoms. The van der Waals surface area contributed by atoms with Crippen LogP contribution in [0, 0.1) is 0 Å². The first kappa shape index (κ1) is 17.1. The van der Waals surface area contributed by atoms with Crippen molar-refractivity contribution in [3.8, 4) is 0 Å². The van der Waals surface area contributed by atoms with Gasteiger partial charge >= 0.3 is 0 Å². The van der Waals surface area contributed by atoms with Crippen LogP contribution in [0.4, 0.5) is 11.4 Å². The van der Waals surface area contributed by atoms with Crippen molar-refractivity contribution in [2.75, 3.05) is 32.1 Å². The average molecular weight is 367 g/mol. The lowest BCUT2D eigenvalue weighted by Gasteiger charge is -2.34. The molecule has 3 heterocycles. The molecule has 2 unspecified atom stereocenters. The molecule has 0 aliphatic carbocycles. The molecule has 134 valence electrons. The number of nitrogens with one attached hydrogen (secondary N) is 1. The molecule has 0 radical (unpaired) electrons. The summed E-state index contributed by atoms with van der Waals surface area (Å²) in [4.78, 5) is 9.09. The van der Waals surface area contributed by atoms with Crippen LogP contribution in [0.5, 0.6) is 0 Å². The van der Waals surface area contributed by atoms with Gasteiger partial charge in [0.05, 0.1) is 17.9 Å². The van der Waals surface area contributed by atoms with Gasteiger partial charge in [-0.05, 0) is 67.8 Å². The van der Waals surface area contributed by atoms with Crippen LogP contribution in [0.1, 0.15) is 11.5 Å². The molecule has 2 aliphatic heterocycles. The Morgan fingerprint density at radius 1 is 1.23 bits per heavy atom. The third-order valence-electron chi connectivity index (χ3n) is 5.03. The quantitative estimate of drug-likeness (QED) is 0.888. The zero-order valence-corrected chi connectivity index (χ0v) is 15.8. The van der Waals surface area contributed by atoms with E-state index in [0.717, 1.165) is 23.8 Å². The number of dihydropyridines is 1. The van der Waals surface area contributed by atoms with Crippen molar-refractivity contribution >= 4 is 23.0 Å². The molecule has 1 aromatic carbocycles. The smallest absolute Gasteiger partial charge is 0.0653 e. The summed E-state index contributed by atoms with van der Waals surface area (Å²) >= 11 is 6.13. The number of hydrogen-bond donors (Lipinski definition) is 1. The first-order valence-electron chi connectivity index (χ1n) is 8.87. The number of allylic oxidation sites excluding steroid dienone is 2. The monoisotopic (exact) mass is 366 g/mol. The summed E-state index contributed by atoms with van der Waals surface area (Å²) in [5, 5.41) is 4.12. The standard InChI is InChI=1S/C21H23ClN4/c1-25(2)14-19-18-9-11-24-13-20(18)26(17-7-5-16(22)6-8-17)21(19)15-4-3-10-23-12-15/h3-11,13,19,21,23H,12,14H2,1-2H3. The van der Waals surface area contributed by atoms with E-state index in [-0.39, 0.29) is 6.04 Å². The van der Waals surface area contributed by atoms with Crippen LogP contribution < -0.4 is 10.2 Å². The molecule has 26 heavy (non-hydrogen) atoms. The number of nitrogens with zero attached hydrogens (tertiary/aromatic N) is 3. The highest BCUT2D eigenvalue weighted by molar-refractivity contribution is 6.30. The zero-order valence-electron chi connectivity index (χ0n) is 15.1. The van der Waals surface area contributed by atoms with E-state index in [1.165, 1.54) is 16.8 Å². The van der Waals surface area contributed by atoms with Crippen molar-refractivity contribution in [3.63, 3.8) is 0 Å². The Labute approximate surface area is 159 Å². The predicted molar refractivity (Wildman–Crippen MR) is 108 cm³/mol. The van der Waals surface area contributed by atoms with E-state index < -0.39 is 0 Å². The zero-order chi connectivity index (χ0) is 18.1. The van der Waals surface area contributed by atoms with E-state index in [2.05, 4.69) is 64.5 Å².